The summed E-state index contributed by atoms with van der Waals surface area (Å²) in [6, 6.07) is 20.1. The molecule has 3 heterocycles. The van der Waals surface area contributed by atoms with E-state index in [1.54, 1.807) is 60.7 Å². The van der Waals surface area contributed by atoms with Crippen LogP contribution in [0.2, 0.25) is 0 Å². The molecule has 0 spiro atoms. The summed E-state index contributed by atoms with van der Waals surface area (Å²) in [5, 5.41) is 14.7. The lowest BCUT2D eigenvalue weighted by atomic mass is 10.2. The predicted octanol–water partition coefficient (Wildman–Crippen LogP) is 4.17. The van der Waals surface area contributed by atoms with E-state index in [4.69, 9.17) is 4.42 Å². The fraction of sp³-hybridized carbons (Fsp3) is 0. The Labute approximate surface area is 230 Å². The summed E-state index contributed by atoms with van der Waals surface area (Å²) < 4.78 is 72.1. The van der Waals surface area contributed by atoms with E-state index in [9.17, 15) is 16.8 Å². The van der Waals surface area contributed by atoms with E-state index in [2.05, 4.69) is 44.3 Å². The second-order valence-electron chi connectivity index (χ2n) is 8.77. The van der Waals surface area contributed by atoms with Crippen molar-refractivity contribution in [3.63, 3.8) is 0 Å². The largest absolute Gasteiger partial charge is 0.436 e. The third-order valence-electron chi connectivity index (χ3n) is 6.10. The van der Waals surface area contributed by atoms with Crippen LogP contribution < -0.4 is 9.44 Å². The number of fused-ring (bicyclic) bond motifs is 3. The Hall–Kier alpha value is -5.35. The Morgan fingerprint density at radius 2 is 1.15 bits per heavy atom. The summed E-state index contributed by atoms with van der Waals surface area (Å²) in [7, 11) is -7.99. The molecule has 204 valence electrons. The molecular formula is C25H15N7O7S2. The van der Waals surface area contributed by atoms with Gasteiger partial charge in [-0.05, 0) is 87.4 Å². The van der Waals surface area contributed by atoms with Crippen LogP contribution in [0.15, 0.2) is 102 Å². The molecule has 2 N–H and O–H groups in total. The highest BCUT2D eigenvalue weighted by Crippen LogP contribution is 2.30. The van der Waals surface area contributed by atoms with Crippen LogP contribution in [0.3, 0.4) is 0 Å². The zero-order valence-electron chi connectivity index (χ0n) is 20.4. The molecule has 41 heavy (non-hydrogen) atoms. The second-order valence-corrected chi connectivity index (χ2v) is 12.1. The SMILES string of the molecule is O=S(=O)(Nc1ccc(-c2nc3cc(NS(=O)(=O)c4cccc5nonc45)ccc3o2)cc1)c1cccc2nonc12. The number of anilines is 2. The van der Waals surface area contributed by atoms with E-state index in [1.165, 1.54) is 18.2 Å². The molecule has 0 radical (unpaired) electrons. The molecule has 7 rings (SSSR count). The van der Waals surface area contributed by atoms with E-state index in [0.717, 1.165) is 0 Å². The number of rotatable bonds is 7. The fourth-order valence-corrected chi connectivity index (χ4v) is 6.62. The third-order valence-corrected chi connectivity index (χ3v) is 8.93. The second kappa shape index (κ2) is 9.10. The number of benzene rings is 4. The normalized spacial score (nSPS) is 12.3. The number of aromatic nitrogens is 5. The molecule has 4 aromatic carbocycles. The van der Waals surface area contributed by atoms with Crippen molar-refractivity contribution in [3.8, 4) is 11.5 Å². The van der Waals surface area contributed by atoms with Crippen LogP contribution in [-0.4, -0.2) is 42.4 Å². The number of hydrogen-bond acceptors (Lipinski definition) is 12. The van der Waals surface area contributed by atoms with Gasteiger partial charge >= 0.3 is 0 Å². The van der Waals surface area contributed by atoms with Gasteiger partial charge in [-0.3, -0.25) is 9.44 Å². The van der Waals surface area contributed by atoms with Crippen molar-refractivity contribution in [2.75, 3.05) is 9.44 Å². The zero-order chi connectivity index (χ0) is 28.2. The van der Waals surface area contributed by atoms with E-state index in [1.807, 2.05) is 0 Å². The zero-order valence-corrected chi connectivity index (χ0v) is 22.0. The highest BCUT2D eigenvalue weighted by molar-refractivity contribution is 7.93. The molecule has 14 nitrogen and oxygen atoms in total. The van der Waals surface area contributed by atoms with Crippen LogP contribution >= 0.6 is 0 Å². The average molecular weight is 590 g/mol. The lowest BCUT2D eigenvalue weighted by Crippen LogP contribution is -2.13. The van der Waals surface area contributed by atoms with Crippen molar-refractivity contribution >= 4 is 64.6 Å². The Bertz CT molecular complexity index is 2310. The molecule has 0 unspecified atom stereocenters. The first-order valence-electron chi connectivity index (χ1n) is 11.8. The van der Waals surface area contributed by atoms with Crippen molar-refractivity contribution in [3.05, 3.63) is 78.9 Å². The highest BCUT2D eigenvalue weighted by atomic mass is 32.2. The Morgan fingerprint density at radius 3 is 1.76 bits per heavy atom. The molecule has 0 amide bonds. The Morgan fingerprint density at radius 1 is 0.585 bits per heavy atom. The highest BCUT2D eigenvalue weighted by Gasteiger charge is 2.22. The molecule has 7 aromatic rings. The number of oxazole rings is 1. The summed E-state index contributed by atoms with van der Waals surface area (Å²) >= 11 is 0. The Balaban J connectivity index is 1.13. The van der Waals surface area contributed by atoms with Gasteiger partial charge in [0.25, 0.3) is 20.0 Å². The van der Waals surface area contributed by atoms with E-state index >= 15 is 0 Å². The molecular weight excluding hydrogens is 574 g/mol. The van der Waals surface area contributed by atoms with Crippen LogP contribution in [0.25, 0.3) is 44.6 Å². The minimum atomic E-state index is -4.01. The third kappa shape index (κ3) is 4.40. The lowest BCUT2D eigenvalue weighted by molar-refractivity contribution is 0.315. The number of sulfonamides is 2. The monoisotopic (exact) mass is 589 g/mol. The smallest absolute Gasteiger partial charge is 0.264 e. The van der Waals surface area contributed by atoms with Crippen LogP contribution in [-0.2, 0) is 20.0 Å². The maximum absolute atomic E-state index is 13.0. The van der Waals surface area contributed by atoms with Gasteiger partial charge in [-0.1, -0.05) is 12.1 Å². The standard InChI is InChI=1S/C25H15N7O7S2/c33-40(34,21-5-1-3-17-23(21)29-38-27-17)31-15-9-7-14(8-10-15)25-26-19-13-16(11-12-20(19)37-25)32-41(35,36)22-6-2-4-18-24(22)30-39-28-18/h1-13,31-32H. The predicted molar refractivity (Wildman–Crippen MR) is 145 cm³/mol. The van der Waals surface area contributed by atoms with Gasteiger partial charge in [0.1, 0.15) is 26.3 Å². The molecule has 3 aromatic heterocycles. The van der Waals surface area contributed by atoms with Gasteiger partial charge in [-0.25, -0.2) is 31.1 Å². The first-order chi connectivity index (χ1) is 19.8. The molecule has 0 aliphatic rings. The molecule has 16 heteroatoms. The maximum Gasteiger partial charge on any atom is 0.264 e. The van der Waals surface area contributed by atoms with Crippen LogP contribution in [0.1, 0.15) is 0 Å². The summed E-state index contributed by atoms with van der Waals surface area (Å²) in [6.45, 7) is 0. The molecule has 0 aliphatic carbocycles. The van der Waals surface area contributed by atoms with Gasteiger partial charge in [-0.15, -0.1) is 0 Å². The summed E-state index contributed by atoms with van der Waals surface area (Å²) in [6.07, 6.45) is 0. The average Bonchev–Trinajstić information content (AvgIpc) is 3.71. The van der Waals surface area contributed by atoms with Crippen molar-refractivity contribution < 1.29 is 30.5 Å². The van der Waals surface area contributed by atoms with E-state index in [0.29, 0.717) is 33.4 Å². The molecule has 0 saturated heterocycles. The Kier molecular flexibility index (Phi) is 5.48. The molecule has 0 fully saturated rings. The van der Waals surface area contributed by atoms with Gasteiger partial charge in [0.15, 0.2) is 16.6 Å². The quantitative estimate of drug-likeness (QED) is 0.270. The van der Waals surface area contributed by atoms with E-state index in [-0.39, 0.29) is 32.4 Å². The number of hydrogen-bond donors (Lipinski definition) is 2. The summed E-state index contributed by atoms with van der Waals surface area (Å²) in [4.78, 5) is 4.31. The molecule has 0 atom stereocenters. The van der Waals surface area contributed by atoms with Crippen LogP contribution in [0.4, 0.5) is 11.4 Å². The van der Waals surface area contributed by atoms with Crippen molar-refractivity contribution in [2.45, 2.75) is 9.79 Å². The first kappa shape index (κ1) is 24.7. The molecule has 0 aliphatic heterocycles. The minimum Gasteiger partial charge on any atom is -0.436 e. The minimum absolute atomic E-state index is 0.0694. The van der Waals surface area contributed by atoms with Crippen LogP contribution in [0.5, 0.6) is 0 Å². The van der Waals surface area contributed by atoms with E-state index < -0.39 is 20.0 Å². The topological polar surface area (TPSA) is 196 Å². The van der Waals surface area contributed by atoms with Crippen LogP contribution in [0, 0.1) is 0 Å². The van der Waals surface area contributed by atoms with Crippen molar-refractivity contribution in [1.82, 2.24) is 25.6 Å². The summed E-state index contributed by atoms with van der Waals surface area (Å²) in [5.74, 6) is 0.256. The number of nitrogens with zero attached hydrogens (tertiary/aromatic N) is 5. The van der Waals surface area contributed by atoms with Crippen molar-refractivity contribution in [1.29, 1.82) is 0 Å². The van der Waals surface area contributed by atoms with Gasteiger partial charge < -0.3 is 4.42 Å². The van der Waals surface area contributed by atoms with Gasteiger partial charge in [0.05, 0.1) is 5.69 Å². The van der Waals surface area contributed by atoms with Crippen molar-refractivity contribution in [2.24, 2.45) is 0 Å². The van der Waals surface area contributed by atoms with Gasteiger partial charge in [0.2, 0.25) is 5.89 Å². The first-order valence-corrected chi connectivity index (χ1v) is 14.7. The van der Waals surface area contributed by atoms with Gasteiger partial charge in [0, 0.05) is 11.3 Å². The molecule has 0 bridgehead atoms. The fourth-order valence-electron chi connectivity index (χ4n) is 4.21. The number of nitrogens with one attached hydrogen (secondary N) is 2. The maximum atomic E-state index is 13.0. The van der Waals surface area contributed by atoms with Gasteiger partial charge in [-0.2, -0.15) is 0 Å². The lowest BCUT2D eigenvalue weighted by Gasteiger charge is -2.08. The molecule has 0 saturated carbocycles. The summed E-state index contributed by atoms with van der Waals surface area (Å²) in [5.41, 5.74) is 2.82.